The fourth-order valence-corrected chi connectivity index (χ4v) is 17.6. The minimum Gasteiger partial charge on any atom is -0.394 e. The van der Waals surface area contributed by atoms with Gasteiger partial charge in [0.1, 0.15) is 256 Å². The zero-order chi connectivity index (χ0) is 99.4. The highest BCUT2D eigenvalue weighted by Gasteiger charge is 2.63. The molecule has 59 heteroatoms. The SMILES string of the molecule is CC(=O)N[C@@H]1[C@H](O[C@@H]2[C@@H](O[C@@H]3[C@H](O)[C@H](O[C@H]4[C@H](O)[C@@H](NC(C)=O)[C@H](O[C@H]5[C@H](O)[C@@H](NC(C)=O)[C@H](O)O[C@@H]5CO[C@@H]5O[C@@H](C)[C@@H](O)[C@@H](O)[C@@H]5O)O[C@@H]4CO)O[C@H](CO[C@H]4O[C@H](CO)[C@@H](O)[C@H](O)[C@@H]4O[C@@H]4O[C@H](CO)[C@@H](O)[C@H](O[C@@H]5O[C@@H](C)[C@@H](O)[C@@H](O)[C@@H]5O)[C@H]4NC(C)=O)[C@H]3O[C@@H]3O[C@H](CO)[C@@H](O)[C@H](O)[C@H]3NC(C)=O)O[C@H](CO)[C@@H](O)[C@@H]2O)O[C@H](CO)[C@@H](O[C@@H]2O[C@H](CO)[C@H](O)[C@H](O)[C@H]2O)[C@@H]1O. The summed E-state index contributed by atoms with van der Waals surface area (Å²) >= 11 is 0. The van der Waals surface area contributed by atoms with Gasteiger partial charge in [-0.15, -0.1) is 0 Å². The quantitative estimate of drug-likeness (QED) is 0.0284. The molecule has 11 heterocycles. The summed E-state index contributed by atoms with van der Waals surface area (Å²) in [6.45, 7) is -3.61. The number of hydrogen-bond acceptors (Lipinski definition) is 54. The minimum atomic E-state index is -2.82. The first-order valence-corrected chi connectivity index (χ1v) is 43.4. The molecule has 5 amide bonds. The molecule has 0 aromatic heterocycles. The Bertz CT molecular complexity index is 3750. The zero-order valence-corrected chi connectivity index (χ0v) is 73.3. The van der Waals surface area contributed by atoms with Crippen molar-refractivity contribution in [2.24, 2.45) is 0 Å². The lowest BCUT2D eigenvalue weighted by Crippen LogP contribution is -2.72. The average molecular weight is 1970 g/mol. The second-order valence-electron chi connectivity index (χ2n) is 34.5. The maximum atomic E-state index is 13.5. The third-order valence-electron chi connectivity index (χ3n) is 24.9. The average Bonchev–Trinajstić information content (AvgIpc) is 0.755. The van der Waals surface area contributed by atoms with Gasteiger partial charge >= 0.3 is 0 Å². The van der Waals surface area contributed by atoms with Crippen LogP contribution in [0.5, 0.6) is 0 Å². The van der Waals surface area contributed by atoms with Crippen molar-refractivity contribution in [3.8, 4) is 0 Å². The summed E-state index contributed by atoms with van der Waals surface area (Å²) < 4.78 is 128. The lowest BCUT2D eigenvalue weighted by Gasteiger charge is -2.52. The van der Waals surface area contributed by atoms with E-state index in [1.165, 1.54) is 13.8 Å². The van der Waals surface area contributed by atoms with Crippen molar-refractivity contribution in [3.63, 3.8) is 0 Å². The van der Waals surface area contributed by atoms with E-state index in [9.17, 15) is 167 Å². The number of ether oxygens (including phenoxy) is 21. The Morgan fingerprint density at radius 2 is 0.474 bits per heavy atom. The van der Waals surface area contributed by atoms with E-state index in [4.69, 9.17) is 99.5 Å². The van der Waals surface area contributed by atoms with Crippen molar-refractivity contribution in [1.82, 2.24) is 26.6 Å². The molecule has 0 radical (unpaired) electrons. The van der Waals surface area contributed by atoms with Crippen LogP contribution in [0.3, 0.4) is 0 Å². The van der Waals surface area contributed by atoms with E-state index < -0.39 is 426 Å². The predicted octanol–water partition coefficient (Wildman–Crippen LogP) is -22.2. The highest BCUT2D eigenvalue weighted by atomic mass is 16.8. The third kappa shape index (κ3) is 24.7. The van der Waals surface area contributed by atoms with E-state index in [0.29, 0.717) is 0 Å². The number of amides is 5. The fourth-order valence-electron chi connectivity index (χ4n) is 17.6. The maximum Gasteiger partial charge on any atom is 0.217 e. The first kappa shape index (κ1) is 111. The molecule has 11 rings (SSSR count). The Kier molecular flexibility index (Phi) is 39.5. The van der Waals surface area contributed by atoms with Crippen LogP contribution in [0, 0.1) is 0 Å². The molecular weight excluding hydrogens is 1850 g/mol. The van der Waals surface area contributed by atoms with Crippen molar-refractivity contribution in [2.75, 3.05) is 59.5 Å². The summed E-state index contributed by atoms with van der Waals surface area (Å²) in [7, 11) is 0. The Balaban J connectivity index is 1.02. The summed E-state index contributed by atoms with van der Waals surface area (Å²) in [4.78, 5) is 65.9. The van der Waals surface area contributed by atoms with Gasteiger partial charge in [-0.2, -0.15) is 0 Å². The van der Waals surface area contributed by atoms with Gasteiger partial charge in [-0.25, -0.2) is 0 Å². The second kappa shape index (κ2) is 48.2. The van der Waals surface area contributed by atoms with Gasteiger partial charge in [-0.05, 0) is 13.8 Å². The Morgan fingerprint density at radius 1 is 0.207 bits per heavy atom. The number of aliphatic hydroxyl groups is 28. The molecular formula is C76H127N5O54. The highest BCUT2D eigenvalue weighted by molar-refractivity contribution is 5.75. The molecule has 0 aliphatic carbocycles. The topological polar surface area (TPSA) is 906 Å². The van der Waals surface area contributed by atoms with Gasteiger partial charge in [0.05, 0.1) is 71.7 Å². The van der Waals surface area contributed by atoms with Crippen molar-refractivity contribution in [2.45, 2.75) is 386 Å². The number of nitrogens with one attached hydrogen (secondary N) is 5. The fraction of sp³-hybridized carbons (Fsp3) is 0.934. The molecule has 33 N–H and O–H groups in total. The van der Waals surface area contributed by atoms with Crippen LogP contribution < -0.4 is 26.6 Å². The molecule has 0 bridgehead atoms. The summed E-state index contributed by atoms with van der Waals surface area (Å²) in [5, 5.41) is 330. The lowest BCUT2D eigenvalue weighted by atomic mass is 9.93. The molecule has 780 valence electrons. The summed E-state index contributed by atoms with van der Waals surface area (Å²) in [6.07, 6.45) is -107. The summed E-state index contributed by atoms with van der Waals surface area (Å²) in [6, 6.07) is -10.0. The number of carbonyl (C=O) groups is 5. The van der Waals surface area contributed by atoms with E-state index in [1.807, 2.05) is 0 Å². The van der Waals surface area contributed by atoms with E-state index in [0.717, 1.165) is 34.6 Å². The second-order valence-corrected chi connectivity index (χ2v) is 34.5. The molecule has 0 aromatic carbocycles. The predicted molar refractivity (Wildman–Crippen MR) is 417 cm³/mol. The van der Waals surface area contributed by atoms with E-state index in [2.05, 4.69) is 26.6 Å². The van der Waals surface area contributed by atoms with Crippen molar-refractivity contribution < 1.29 is 266 Å². The van der Waals surface area contributed by atoms with Gasteiger partial charge in [0.15, 0.2) is 69.2 Å². The minimum absolute atomic E-state index is 0.878. The van der Waals surface area contributed by atoms with Crippen LogP contribution in [-0.2, 0) is 123 Å². The van der Waals surface area contributed by atoms with Crippen molar-refractivity contribution in [1.29, 1.82) is 0 Å². The van der Waals surface area contributed by atoms with Gasteiger partial charge in [0, 0.05) is 34.6 Å². The van der Waals surface area contributed by atoms with Crippen molar-refractivity contribution >= 4 is 29.5 Å². The standard InChI is InChI=1S/C76H127N5O54/c1-17-38(94)49(105)54(110)71(117-17)115-15-31-60(46(102)33(66(114)119-31)77-19(3)89)128-68-35(79-21(5)91)47(103)59(30(14-88)125-68)130-74-57(113)63(133-76-65(53(109)43(99)27(11-85)124-76)135-69-36(80-22(6)92)48(104)58(29(13-87)126-69)129-73-56(112)51(107)41(97)25(9-83)122-73)61(131-67-34(78-20(4)90)45(101)40(96)24(8-82)120-67)32(127-74)16-116-75-64(52(108)42(98)26(10-84)123-75)134-70-37(81-23(7)93)62(44(100)28(12-86)121-70)132-72-55(111)50(106)39(95)18(2)118-72/h17-18,24-76,82-88,94-114H,8-16H2,1-7H3,(H,77,89)(H,78,90)(H,79,91)(H,80,92)(H,81,93)/t17-,18-,24+,25+,26+,27+,28+,29+,30+,31+,32+,33+,34+,35+,36-,37+,38+,39+,40+,41-,42+,43+,44+,45+,46+,47+,48+,49+,50+,51-,52-,53-,54-,55-,56+,57-,58+,59+,60+,61+,62+,63+,64-,65-,66+,67-,68-,69-,70-,71+,72-,73-,74-,75-,76+/m0/s1. The van der Waals surface area contributed by atoms with Crippen LogP contribution >= 0.6 is 0 Å². The summed E-state index contributed by atoms with van der Waals surface area (Å²) in [5.41, 5.74) is 0. The molecule has 0 saturated carbocycles. The number of aliphatic hydroxyl groups excluding tert-OH is 28. The van der Waals surface area contributed by atoms with E-state index in [1.54, 1.807) is 0 Å². The first-order chi connectivity index (χ1) is 63.8. The Hall–Kier alpha value is -4.61. The summed E-state index contributed by atoms with van der Waals surface area (Å²) in [5.74, 6) is -4.95. The van der Waals surface area contributed by atoms with E-state index >= 15 is 0 Å². The van der Waals surface area contributed by atoms with Gasteiger partial charge in [0.2, 0.25) is 29.5 Å². The van der Waals surface area contributed by atoms with Crippen LogP contribution in [0.25, 0.3) is 0 Å². The Labute approximate surface area is 765 Å². The maximum absolute atomic E-state index is 13.5. The van der Waals surface area contributed by atoms with Gasteiger partial charge in [-0.1, -0.05) is 0 Å². The molecule has 11 aliphatic heterocycles. The van der Waals surface area contributed by atoms with Gasteiger partial charge < -0.3 is 269 Å². The molecule has 0 unspecified atom stereocenters. The van der Waals surface area contributed by atoms with Crippen LogP contribution in [0.1, 0.15) is 48.5 Å². The first-order valence-electron chi connectivity index (χ1n) is 43.4. The zero-order valence-electron chi connectivity index (χ0n) is 73.3. The largest absolute Gasteiger partial charge is 0.394 e. The van der Waals surface area contributed by atoms with Crippen LogP contribution in [0.4, 0.5) is 0 Å². The lowest BCUT2D eigenvalue weighted by molar-refractivity contribution is -0.409. The number of carbonyl (C=O) groups excluding carboxylic acids is 5. The third-order valence-corrected chi connectivity index (χ3v) is 24.9. The highest BCUT2D eigenvalue weighted by Crippen LogP contribution is 2.42. The van der Waals surface area contributed by atoms with Crippen LogP contribution in [-0.4, -0.2) is 569 Å². The molecule has 0 spiro atoms. The van der Waals surface area contributed by atoms with Crippen LogP contribution in [0.2, 0.25) is 0 Å². The molecule has 135 heavy (non-hydrogen) atoms. The molecule has 55 atom stereocenters. The molecule has 0 aromatic rings. The normalized spacial score (nSPS) is 49.5. The van der Waals surface area contributed by atoms with Gasteiger partial charge in [0.25, 0.3) is 0 Å². The Morgan fingerprint density at radius 3 is 0.926 bits per heavy atom. The monoisotopic (exact) mass is 1970 g/mol. The molecule has 11 aliphatic rings. The molecule has 59 nitrogen and oxygen atoms in total. The molecule has 11 saturated heterocycles. The van der Waals surface area contributed by atoms with E-state index in [-0.39, 0.29) is 0 Å². The van der Waals surface area contributed by atoms with Crippen LogP contribution in [0.15, 0.2) is 0 Å². The molecule has 11 fully saturated rings. The van der Waals surface area contributed by atoms with Gasteiger partial charge in [-0.3, -0.25) is 24.0 Å². The smallest absolute Gasteiger partial charge is 0.217 e. The number of rotatable bonds is 34. The number of hydrogen-bond donors (Lipinski definition) is 33. The van der Waals surface area contributed by atoms with Crippen molar-refractivity contribution in [3.05, 3.63) is 0 Å².